The molecular formula is C10H13ClN2O5S. The van der Waals surface area contributed by atoms with E-state index in [1.807, 2.05) is 0 Å². The Kier molecular flexibility index (Phi) is 4.26. The number of nitrogens with one attached hydrogen (secondary N) is 1. The lowest BCUT2D eigenvalue weighted by Gasteiger charge is -2.31. The van der Waals surface area contributed by atoms with Gasteiger partial charge in [-0.2, -0.15) is 4.31 Å². The fourth-order valence-corrected chi connectivity index (χ4v) is 3.44. The number of rotatable bonds is 3. The second-order valence-corrected chi connectivity index (χ2v) is 6.40. The number of ether oxygens (including phenoxy) is 1. The van der Waals surface area contributed by atoms with E-state index in [2.05, 4.69) is 4.98 Å². The van der Waals surface area contributed by atoms with Crippen molar-refractivity contribution < 1.29 is 18.3 Å². The number of morpholine rings is 1. The minimum absolute atomic E-state index is 0.0651. The van der Waals surface area contributed by atoms with Crippen LogP contribution in [0.1, 0.15) is 0 Å². The van der Waals surface area contributed by atoms with Crippen LogP contribution in [0.5, 0.6) is 0 Å². The number of H-pyrrole nitrogens is 1. The zero-order valence-electron chi connectivity index (χ0n) is 9.87. The Bertz CT molecular complexity index is 615. The molecule has 1 aliphatic rings. The molecule has 106 valence electrons. The van der Waals surface area contributed by atoms with Gasteiger partial charge in [-0.1, -0.05) is 11.6 Å². The maximum atomic E-state index is 12.3. The standard InChI is InChI=1S/C10H13ClN2O5S/c11-9-3-8(4-12-10(9)15)19(16,17)13-1-2-18-7(5-13)6-14/h3-4,7,14H,1-2,5-6H2,(H,12,15). The number of sulfonamides is 1. The van der Waals surface area contributed by atoms with Crippen molar-refractivity contribution in [2.75, 3.05) is 26.3 Å². The van der Waals surface area contributed by atoms with Crippen molar-refractivity contribution in [3.63, 3.8) is 0 Å². The molecule has 0 aliphatic carbocycles. The van der Waals surface area contributed by atoms with E-state index in [4.69, 9.17) is 21.4 Å². The molecule has 9 heteroatoms. The number of halogens is 1. The molecule has 2 N–H and O–H groups in total. The normalized spacial score (nSPS) is 21.5. The highest BCUT2D eigenvalue weighted by Crippen LogP contribution is 2.19. The van der Waals surface area contributed by atoms with Crippen molar-refractivity contribution in [1.82, 2.24) is 9.29 Å². The van der Waals surface area contributed by atoms with Crippen LogP contribution in [-0.2, 0) is 14.8 Å². The van der Waals surface area contributed by atoms with Crippen LogP contribution in [0.15, 0.2) is 22.0 Å². The van der Waals surface area contributed by atoms with E-state index in [-0.39, 0.29) is 36.2 Å². The van der Waals surface area contributed by atoms with Gasteiger partial charge in [-0.05, 0) is 6.07 Å². The molecule has 1 aromatic heterocycles. The van der Waals surface area contributed by atoms with Gasteiger partial charge >= 0.3 is 0 Å². The Morgan fingerprint density at radius 3 is 2.95 bits per heavy atom. The molecule has 0 aromatic carbocycles. The summed E-state index contributed by atoms with van der Waals surface area (Å²) in [7, 11) is -3.76. The summed E-state index contributed by atoms with van der Waals surface area (Å²) in [5.74, 6) is 0. The molecular weight excluding hydrogens is 296 g/mol. The van der Waals surface area contributed by atoms with Crippen molar-refractivity contribution in [3.05, 3.63) is 27.6 Å². The topological polar surface area (TPSA) is 99.7 Å². The highest BCUT2D eigenvalue weighted by atomic mass is 35.5. The molecule has 2 rings (SSSR count). The van der Waals surface area contributed by atoms with E-state index in [0.717, 1.165) is 12.3 Å². The number of hydrogen-bond donors (Lipinski definition) is 2. The maximum absolute atomic E-state index is 12.3. The Morgan fingerprint density at radius 1 is 1.58 bits per heavy atom. The summed E-state index contributed by atoms with van der Waals surface area (Å²) in [6, 6.07) is 1.11. The molecule has 0 bridgehead atoms. The molecule has 0 radical (unpaired) electrons. The Hall–Kier alpha value is -0.930. The first kappa shape index (κ1) is 14.5. The van der Waals surface area contributed by atoms with Crippen molar-refractivity contribution in [1.29, 1.82) is 0 Å². The van der Waals surface area contributed by atoms with Crippen molar-refractivity contribution in [2.24, 2.45) is 0 Å². The Morgan fingerprint density at radius 2 is 2.32 bits per heavy atom. The summed E-state index contributed by atoms with van der Waals surface area (Å²) in [5.41, 5.74) is -0.546. The van der Waals surface area contributed by atoms with Crippen LogP contribution >= 0.6 is 11.6 Å². The lowest BCUT2D eigenvalue weighted by atomic mass is 10.3. The van der Waals surface area contributed by atoms with Crippen LogP contribution < -0.4 is 5.56 Å². The highest BCUT2D eigenvalue weighted by molar-refractivity contribution is 7.89. The number of aliphatic hydroxyl groups excluding tert-OH is 1. The highest BCUT2D eigenvalue weighted by Gasteiger charge is 2.30. The van der Waals surface area contributed by atoms with Crippen molar-refractivity contribution >= 4 is 21.6 Å². The predicted octanol–water partition coefficient (Wildman–Crippen LogP) is -0.590. The summed E-state index contributed by atoms with van der Waals surface area (Å²) in [5, 5.41) is 8.82. The molecule has 0 saturated carbocycles. The first-order valence-electron chi connectivity index (χ1n) is 5.56. The van der Waals surface area contributed by atoms with Gasteiger partial charge in [-0.25, -0.2) is 8.42 Å². The zero-order valence-corrected chi connectivity index (χ0v) is 11.4. The van der Waals surface area contributed by atoms with Crippen molar-refractivity contribution in [2.45, 2.75) is 11.0 Å². The molecule has 1 fully saturated rings. The zero-order chi connectivity index (χ0) is 14.0. The van der Waals surface area contributed by atoms with Crippen LogP contribution in [0.3, 0.4) is 0 Å². The number of hydrogen-bond acceptors (Lipinski definition) is 5. The van der Waals surface area contributed by atoms with Crippen LogP contribution in [-0.4, -0.2) is 55.2 Å². The van der Waals surface area contributed by atoms with Crippen LogP contribution in [0.4, 0.5) is 0 Å². The van der Waals surface area contributed by atoms with Gasteiger partial charge < -0.3 is 14.8 Å². The fraction of sp³-hybridized carbons (Fsp3) is 0.500. The van der Waals surface area contributed by atoms with Gasteiger partial charge in [0.25, 0.3) is 5.56 Å². The van der Waals surface area contributed by atoms with E-state index in [1.54, 1.807) is 0 Å². The first-order chi connectivity index (χ1) is 8.95. The summed E-state index contributed by atoms with van der Waals surface area (Å²) in [6.07, 6.45) is 0.564. The number of nitrogens with zero attached hydrogens (tertiary/aromatic N) is 1. The molecule has 7 nitrogen and oxygen atoms in total. The quantitative estimate of drug-likeness (QED) is 0.777. The SMILES string of the molecule is O=c1[nH]cc(S(=O)(=O)N2CCOC(CO)C2)cc1Cl. The van der Waals surface area contributed by atoms with Crippen LogP contribution in [0.2, 0.25) is 5.02 Å². The monoisotopic (exact) mass is 308 g/mol. The van der Waals surface area contributed by atoms with Gasteiger partial charge in [0.2, 0.25) is 10.0 Å². The van der Waals surface area contributed by atoms with Gasteiger partial charge in [-0.15, -0.1) is 0 Å². The number of aliphatic hydroxyl groups is 1. The molecule has 1 atom stereocenters. The minimum atomic E-state index is -3.76. The largest absolute Gasteiger partial charge is 0.394 e. The third-order valence-electron chi connectivity index (χ3n) is 2.77. The molecule has 2 heterocycles. The molecule has 1 saturated heterocycles. The van der Waals surface area contributed by atoms with E-state index in [9.17, 15) is 13.2 Å². The lowest BCUT2D eigenvalue weighted by Crippen LogP contribution is -2.46. The summed E-state index contributed by atoms with van der Waals surface area (Å²) in [4.78, 5) is 13.3. The minimum Gasteiger partial charge on any atom is -0.394 e. The molecule has 0 spiro atoms. The third kappa shape index (κ3) is 2.98. The number of aromatic nitrogens is 1. The van der Waals surface area contributed by atoms with Crippen LogP contribution in [0.25, 0.3) is 0 Å². The number of aromatic amines is 1. The van der Waals surface area contributed by atoms with Gasteiger partial charge in [0.15, 0.2) is 0 Å². The number of pyridine rings is 1. The van der Waals surface area contributed by atoms with Crippen LogP contribution in [0, 0.1) is 0 Å². The van der Waals surface area contributed by atoms with E-state index in [1.165, 1.54) is 4.31 Å². The van der Waals surface area contributed by atoms with E-state index in [0.29, 0.717) is 0 Å². The molecule has 19 heavy (non-hydrogen) atoms. The summed E-state index contributed by atoms with van der Waals surface area (Å²) in [6.45, 7) is 0.213. The summed E-state index contributed by atoms with van der Waals surface area (Å²) < 4.78 is 31.0. The smallest absolute Gasteiger partial charge is 0.266 e. The summed E-state index contributed by atoms with van der Waals surface area (Å²) >= 11 is 5.62. The molecule has 0 amide bonds. The van der Waals surface area contributed by atoms with Gasteiger partial charge in [0, 0.05) is 19.3 Å². The Labute approximate surface area is 114 Å². The average Bonchev–Trinajstić information content (AvgIpc) is 2.41. The molecule has 1 aliphatic heterocycles. The first-order valence-corrected chi connectivity index (χ1v) is 7.38. The fourth-order valence-electron chi connectivity index (χ4n) is 1.76. The lowest BCUT2D eigenvalue weighted by molar-refractivity contribution is -0.0304. The maximum Gasteiger partial charge on any atom is 0.266 e. The molecule has 1 unspecified atom stereocenters. The van der Waals surface area contributed by atoms with Crippen molar-refractivity contribution in [3.8, 4) is 0 Å². The predicted molar refractivity (Wildman–Crippen MR) is 67.7 cm³/mol. The van der Waals surface area contributed by atoms with Gasteiger partial charge in [-0.3, -0.25) is 4.79 Å². The molecule has 1 aromatic rings. The van der Waals surface area contributed by atoms with Gasteiger partial charge in [0.05, 0.1) is 24.2 Å². The van der Waals surface area contributed by atoms with Gasteiger partial charge in [0.1, 0.15) is 5.02 Å². The van der Waals surface area contributed by atoms with E-state index >= 15 is 0 Å². The second kappa shape index (κ2) is 5.59. The van der Waals surface area contributed by atoms with E-state index < -0.39 is 21.7 Å². The average molecular weight is 309 g/mol. The second-order valence-electron chi connectivity index (χ2n) is 4.05. The Balaban J connectivity index is 2.31. The third-order valence-corrected chi connectivity index (χ3v) is 4.90.